The molecule has 12 nitrogen and oxygen atoms in total. The van der Waals surface area contributed by atoms with Crippen molar-refractivity contribution in [2.45, 2.75) is 97.2 Å². The molecule has 2 aliphatic rings. The van der Waals surface area contributed by atoms with Crippen molar-refractivity contribution in [3.05, 3.63) is 133 Å². The summed E-state index contributed by atoms with van der Waals surface area (Å²) in [6.45, 7) is 22.9. The second kappa shape index (κ2) is 20.8. The largest absolute Gasteiger partial charge is 0.453 e. The summed E-state index contributed by atoms with van der Waals surface area (Å²) in [4.78, 5) is 70.7. The molecule has 2 aromatic heterocycles. The fraction of sp³-hybridized carbons (Fsp3) is 0.417. The Morgan fingerprint density at radius 1 is 0.800 bits per heavy atom. The number of ketones is 1. The van der Waals surface area contributed by atoms with E-state index >= 15 is 0 Å². The Hall–Kier alpha value is -6.04. The van der Waals surface area contributed by atoms with Gasteiger partial charge in [0.15, 0.2) is 5.78 Å². The average molecular weight is 816 g/mol. The van der Waals surface area contributed by atoms with E-state index in [1.807, 2.05) is 83.2 Å². The lowest BCUT2D eigenvalue weighted by Crippen LogP contribution is -2.51. The fourth-order valence-corrected chi connectivity index (χ4v) is 7.92. The smallest absolute Gasteiger partial charge is 0.407 e. The number of benzene rings is 1. The zero-order valence-electron chi connectivity index (χ0n) is 35.9. The van der Waals surface area contributed by atoms with Crippen molar-refractivity contribution < 1.29 is 23.9 Å². The van der Waals surface area contributed by atoms with Gasteiger partial charge in [0, 0.05) is 23.9 Å². The van der Waals surface area contributed by atoms with E-state index in [-0.39, 0.29) is 47.3 Å². The molecule has 5 atom stereocenters. The van der Waals surface area contributed by atoms with Crippen molar-refractivity contribution in [3.8, 4) is 0 Å². The quantitative estimate of drug-likeness (QED) is 0.0782. The molecule has 3 amide bonds. The van der Waals surface area contributed by atoms with Gasteiger partial charge in [0.1, 0.15) is 17.7 Å². The molecule has 2 fully saturated rings. The first-order chi connectivity index (χ1) is 28.7. The Labute approximate surface area is 354 Å². The first kappa shape index (κ1) is 45.1. The molecule has 0 spiro atoms. The average Bonchev–Trinajstić information content (AvgIpc) is 4.05. The van der Waals surface area contributed by atoms with Gasteiger partial charge in [-0.3, -0.25) is 14.4 Å². The molecule has 4 unspecified atom stereocenters. The lowest BCUT2D eigenvalue weighted by molar-refractivity contribution is -0.135. The first-order valence-corrected chi connectivity index (χ1v) is 21.0. The predicted molar refractivity (Wildman–Crippen MR) is 237 cm³/mol. The summed E-state index contributed by atoms with van der Waals surface area (Å²) in [5.74, 6) is 0.486. The summed E-state index contributed by atoms with van der Waals surface area (Å²) in [5, 5.41) is 5.79. The van der Waals surface area contributed by atoms with E-state index in [0.29, 0.717) is 40.3 Å². The van der Waals surface area contributed by atoms with Crippen LogP contribution in [0.1, 0.15) is 118 Å². The molecular weight excluding hydrogens is 755 g/mol. The van der Waals surface area contributed by atoms with Crippen LogP contribution in [0, 0.1) is 17.8 Å². The predicted octanol–water partition coefficient (Wildman–Crippen LogP) is 8.82. The van der Waals surface area contributed by atoms with Gasteiger partial charge in [-0.2, -0.15) is 0 Å². The Morgan fingerprint density at radius 3 is 2.10 bits per heavy atom. The van der Waals surface area contributed by atoms with Crippen molar-refractivity contribution in [2.75, 3.05) is 13.7 Å². The van der Waals surface area contributed by atoms with E-state index < -0.39 is 18.2 Å². The third-order valence-electron chi connectivity index (χ3n) is 11.5. The summed E-state index contributed by atoms with van der Waals surface area (Å²) in [6, 6.07) is 7.55. The number of carbonyl (C=O) groups is 4. The highest BCUT2D eigenvalue weighted by Crippen LogP contribution is 2.38. The van der Waals surface area contributed by atoms with Crippen LogP contribution in [-0.2, 0) is 14.3 Å². The number of hydrogen-bond donors (Lipinski definition) is 4. The van der Waals surface area contributed by atoms with E-state index in [2.05, 4.69) is 45.3 Å². The molecule has 318 valence electrons. The summed E-state index contributed by atoms with van der Waals surface area (Å²) >= 11 is 0. The fourth-order valence-electron chi connectivity index (χ4n) is 7.92. The number of nitrogens with zero attached hydrogens (tertiary/aromatic N) is 3. The number of alkyl carbamates (subject to hydrolysis) is 1. The van der Waals surface area contributed by atoms with Gasteiger partial charge in [0.05, 0.1) is 43.0 Å². The summed E-state index contributed by atoms with van der Waals surface area (Å²) < 4.78 is 4.75. The van der Waals surface area contributed by atoms with E-state index in [1.54, 1.807) is 29.4 Å². The molecule has 60 heavy (non-hydrogen) atoms. The second-order valence-corrected chi connectivity index (χ2v) is 16.4. The minimum Gasteiger partial charge on any atom is -0.453 e. The molecular formula is C48H61N7O5. The van der Waals surface area contributed by atoms with Crippen LogP contribution >= 0.6 is 0 Å². The number of H-pyrrole nitrogens is 2. The number of hydrogen-bond acceptors (Lipinski definition) is 7. The van der Waals surface area contributed by atoms with Crippen LogP contribution in [0.15, 0.2) is 104 Å². The Kier molecular flexibility index (Phi) is 15.6. The Morgan fingerprint density at radius 2 is 1.43 bits per heavy atom. The number of aromatic nitrogens is 4. The number of imidazole rings is 2. The number of allylic oxidation sites excluding steroid dienone is 9. The van der Waals surface area contributed by atoms with Crippen molar-refractivity contribution >= 4 is 34.8 Å². The molecule has 1 aliphatic carbocycles. The minimum atomic E-state index is -0.711. The molecule has 1 saturated carbocycles. The topological polar surface area (TPSA) is 162 Å². The van der Waals surface area contributed by atoms with Crippen LogP contribution in [-0.4, -0.2) is 74.3 Å². The van der Waals surface area contributed by atoms with Crippen molar-refractivity contribution in [1.29, 1.82) is 0 Å². The molecule has 12 heteroatoms. The molecule has 1 saturated heterocycles. The van der Waals surface area contributed by atoms with Gasteiger partial charge in [-0.1, -0.05) is 121 Å². The Bertz CT molecular complexity index is 2140. The normalized spacial score (nSPS) is 19.4. The number of Topliss-reactive ketones (excluding diaryl/α,β-unsaturated/α-hetero) is 1. The summed E-state index contributed by atoms with van der Waals surface area (Å²) in [7, 11) is 1.28. The molecule has 1 aromatic carbocycles. The monoisotopic (exact) mass is 815 g/mol. The van der Waals surface area contributed by atoms with Crippen LogP contribution in [0.5, 0.6) is 0 Å². The summed E-state index contributed by atoms with van der Waals surface area (Å²) in [5.41, 5.74) is 5.13. The Balaban J connectivity index is 1.19. The molecule has 3 heterocycles. The molecule has 0 radical (unpaired) electrons. The van der Waals surface area contributed by atoms with Gasteiger partial charge in [0.2, 0.25) is 11.8 Å². The second-order valence-electron chi connectivity index (χ2n) is 16.4. The van der Waals surface area contributed by atoms with Crippen LogP contribution < -0.4 is 10.6 Å². The number of nitrogens with one attached hydrogen (secondary N) is 4. The third-order valence-corrected chi connectivity index (χ3v) is 11.5. The van der Waals surface area contributed by atoms with Gasteiger partial charge in [0.25, 0.3) is 0 Å². The van der Waals surface area contributed by atoms with Crippen LogP contribution in [0.25, 0.3) is 11.1 Å². The third kappa shape index (κ3) is 11.0. The zero-order valence-corrected chi connectivity index (χ0v) is 35.9. The molecule has 0 bridgehead atoms. The van der Waals surface area contributed by atoms with Crippen LogP contribution in [0.4, 0.5) is 4.79 Å². The standard InChI is InChI=1S/C48H61N7O5/c1-10-34(39-28-49-44(52-39)36-19-14-15-20-37(36)46(57)53-41(29(2)3)43(56)35-17-12-11-13-18-35)25-24-32(7)31(6)22-23-33(8)38-27-50-45(51-38)40-21-16-26-55(40)47(58)42(30(4)5)54-48(59)60-9/h10-13,17-18,22-25,27-30,36-37,40-42H,6-8,14-16,19-21,26H2,1-5,9H3,(H,49,52)(H,50,51)(H,53,57)(H,54,59)/b23-22-,25-24-,34-10+/t36-,37?,40?,41?,42?/m1/s1. The van der Waals surface area contributed by atoms with Crippen molar-refractivity contribution in [1.82, 2.24) is 35.5 Å². The highest BCUT2D eigenvalue weighted by molar-refractivity contribution is 6.02. The van der Waals surface area contributed by atoms with E-state index in [4.69, 9.17) is 9.72 Å². The maximum atomic E-state index is 13.8. The zero-order chi connectivity index (χ0) is 43.5. The van der Waals surface area contributed by atoms with Gasteiger partial charge in [-0.25, -0.2) is 14.8 Å². The lowest BCUT2D eigenvalue weighted by atomic mass is 9.78. The molecule has 1 aliphatic heterocycles. The van der Waals surface area contributed by atoms with Crippen molar-refractivity contribution in [3.63, 3.8) is 0 Å². The highest BCUT2D eigenvalue weighted by Gasteiger charge is 2.38. The number of carbonyl (C=O) groups excluding carboxylic acids is 4. The number of methoxy groups -OCH3 is 1. The van der Waals surface area contributed by atoms with E-state index in [0.717, 1.165) is 55.6 Å². The first-order valence-electron chi connectivity index (χ1n) is 21.0. The van der Waals surface area contributed by atoms with Crippen molar-refractivity contribution in [2.24, 2.45) is 17.8 Å². The van der Waals surface area contributed by atoms with Gasteiger partial charge < -0.3 is 30.2 Å². The number of aromatic amines is 2. The number of likely N-dealkylation sites (tertiary alicyclic amines) is 1. The van der Waals surface area contributed by atoms with E-state index in [1.165, 1.54) is 7.11 Å². The van der Waals surface area contributed by atoms with Crippen LogP contribution in [0.3, 0.4) is 0 Å². The molecule has 3 aromatic rings. The lowest BCUT2D eigenvalue weighted by Gasteiger charge is -2.31. The number of amides is 3. The van der Waals surface area contributed by atoms with Gasteiger partial charge >= 0.3 is 6.09 Å². The van der Waals surface area contributed by atoms with Gasteiger partial charge in [-0.05, 0) is 66.7 Å². The van der Waals surface area contributed by atoms with Gasteiger partial charge in [-0.15, -0.1) is 0 Å². The highest BCUT2D eigenvalue weighted by atomic mass is 16.5. The van der Waals surface area contributed by atoms with E-state index in [9.17, 15) is 19.2 Å². The maximum absolute atomic E-state index is 13.8. The maximum Gasteiger partial charge on any atom is 0.407 e. The SMILES string of the molecule is C=C(/C=C\C(=C)c1cnc(C2CCCN2C(=O)C(NC(=O)OC)C(C)C)[nH]1)C(=C)/C=C\C(=C/C)c1cnc([C@@H]2CCCCC2C(=O)NC(C(=O)c2ccccc2)C(C)C)[nH]1. The summed E-state index contributed by atoms with van der Waals surface area (Å²) in [6.07, 6.45) is 17.5. The molecule has 4 N–H and O–H groups in total. The minimum absolute atomic E-state index is 0.0655. The van der Waals surface area contributed by atoms with Crippen LogP contribution in [0.2, 0.25) is 0 Å². The number of rotatable bonds is 17. The number of ether oxygens (including phenoxy) is 1. The molecule has 5 rings (SSSR count).